The van der Waals surface area contributed by atoms with E-state index in [4.69, 9.17) is 15.2 Å². The Morgan fingerprint density at radius 1 is 1.25 bits per heavy atom. The number of methoxy groups -OCH3 is 1. The van der Waals surface area contributed by atoms with Gasteiger partial charge in [0.25, 0.3) is 5.91 Å². The quantitative estimate of drug-likeness (QED) is 0.538. The fraction of sp³-hybridized carbons (Fsp3) is 0.278. The third-order valence-corrected chi connectivity index (χ3v) is 4.04. The van der Waals surface area contributed by atoms with E-state index in [9.17, 15) is 4.79 Å². The lowest BCUT2D eigenvalue weighted by Gasteiger charge is -2.13. The number of halogens is 1. The average Bonchev–Trinajstić information content (AvgIpc) is 2.57. The summed E-state index contributed by atoms with van der Waals surface area (Å²) in [4.78, 5) is 12.4. The summed E-state index contributed by atoms with van der Waals surface area (Å²) in [6.07, 6.45) is 2.09. The topological polar surface area (TPSA) is 73.6 Å². The number of hydrogen-bond acceptors (Lipinski definition) is 4. The first-order valence-corrected chi connectivity index (χ1v) is 8.51. The fourth-order valence-corrected chi connectivity index (χ4v) is 2.67. The maximum atomic E-state index is 12.4. The molecule has 0 aliphatic heterocycles. The number of anilines is 2. The minimum atomic E-state index is -0.237. The third kappa shape index (κ3) is 4.64. The monoisotopic (exact) mass is 392 g/mol. The molecule has 1 amide bonds. The Kier molecular flexibility index (Phi) is 6.49. The van der Waals surface area contributed by atoms with Crippen molar-refractivity contribution in [3.8, 4) is 11.5 Å². The molecule has 0 aromatic heterocycles. The normalized spacial score (nSPS) is 10.3. The molecule has 128 valence electrons. The molecule has 0 bridgehead atoms. The molecule has 0 atom stereocenters. The predicted octanol–water partition coefficient (Wildman–Crippen LogP) is 4.47. The van der Waals surface area contributed by atoms with Crippen LogP contribution < -0.4 is 20.5 Å². The van der Waals surface area contributed by atoms with Crippen molar-refractivity contribution in [2.24, 2.45) is 0 Å². The third-order valence-electron chi connectivity index (χ3n) is 3.42. The Morgan fingerprint density at radius 2 is 1.96 bits per heavy atom. The second-order valence-electron chi connectivity index (χ2n) is 5.26. The molecule has 24 heavy (non-hydrogen) atoms. The molecule has 0 aliphatic carbocycles. The average molecular weight is 393 g/mol. The van der Waals surface area contributed by atoms with Gasteiger partial charge in [-0.3, -0.25) is 4.79 Å². The zero-order valence-corrected chi connectivity index (χ0v) is 15.4. The highest BCUT2D eigenvalue weighted by atomic mass is 79.9. The summed E-state index contributed by atoms with van der Waals surface area (Å²) in [5.74, 6) is 1.01. The summed E-state index contributed by atoms with van der Waals surface area (Å²) in [7, 11) is 1.53. The molecular weight excluding hydrogens is 372 g/mol. The van der Waals surface area contributed by atoms with Crippen LogP contribution in [0.3, 0.4) is 0 Å². The van der Waals surface area contributed by atoms with Crippen LogP contribution in [0, 0.1) is 0 Å². The molecule has 0 saturated carbocycles. The minimum Gasteiger partial charge on any atom is -0.494 e. The molecule has 3 N–H and O–H groups in total. The second-order valence-corrected chi connectivity index (χ2v) is 6.11. The van der Waals surface area contributed by atoms with Crippen molar-refractivity contribution in [1.82, 2.24) is 0 Å². The highest BCUT2D eigenvalue weighted by molar-refractivity contribution is 9.10. The number of nitrogens with one attached hydrogen (secondary N) is 1. The van der Waals surface area contributed by atoms with Crippen molar-refractivity contribution < 1.29 is 14.3 Å². The van der Waals surface area contributed by atoms with E-state index in [1.807, 2.05) is 0 Å². The number of carbonyl (C=O) groups is 1. The summed E-state index contributed by atoms with van der Waals surface area (Å²) in [5.41, 5.74) is 7.40. The molecule has 5 nitrogen and oxygen atoms in total. The largest absolute Gasteiger partial charge is 0.494 e. The number of carbonyl (C=O) groups excluding carboxylic acids is 1. The van der Waals surface area contributed by atoms with Gasteiger partial charge in [-0.1, -0.05) is 13.3 Å². The predicted molar refractivity (Wildman–Crippen MR) is 99.9 cm³/mol. The Hall–Kier alpha value is -2.21. The van der Waals surface area contributed by atoms with E-state index >= 15 is 0 Å². The van der Waals surface area contributed by atoms with Gasteiger partial charge in [0.15, 0.2) is 0 Å². The lowest BCUT2D eigenvalue weighted by Crippen LogP contribution is -2.13. The van der Waals surface area contributed by atoms with Crippen LogP contribution in [0.1, 0.15) is 30.1 Å². The van der Waals surface area contributed by atoms with Crippen LogP contribution in [0.4, 0.5) is 11.4 Å². The Balaban J connectivity index is 2.10. The van der Waals surface area contributed by atoms with Crippen LogP contribution in [-0.2, 0) is 0 Å². The molecule has 0 saturated heterocycles. The van der Waals surface area contributed by atoms with Gasteiger partial charge in [0.1, 0.15) is 11.5 Å². The number of benzene rings is 2. The van der Waals surface area contributed by atoms with Crippen LogP contribution in [0.25, 0.3) is 0 Å². The summed E-state index contributed by atoms with van der Waals surface area (Å²) in [6, 6.07) is 10.4. The number of hydrogen-bond donors (Lipinski definition) is 2. The van der Waals surface area contributed by atoms with Crippen LogP contribution in [0.15, 0.2) is 40.9 Å². The number of amides is 1. The van der Waals surface area contributed by atoms with Gasteiger partial charge in [0.05, 0.1) is 19.4 Å². The Bertz CT molecular complexity index is 702. The summed E-state index contributed by atoms with van der Waals surface area (Å²) in [6.45, 7) is 2.79. The van der Waals surface area contributed by atoms with Crippen LogP contribution >= 0.6 is 15.9 Å². The highest BCUT2D eigenvalue weighted by Crippen LogP contribution is 2.35. The Labute approximate surface area is 150 Å². The molecule has 0 radical (unpaired) electrons. The van der Waals surface area contributed by atoms with E-state index in [1.54, 1.807) is 36.4 Å². The molecule has 0 fully saturated rings. The Morgan fingerprint density at radius 3 is 2.58 bits per heavy atom. The summed E-state index contributed by atoms with van der Waals surface area (Å²) >= 11 is 3.39. The van der Waals surface area contributed by atoms with Gasteiger partial charge >= 0.3 is 0 Å². The molecule has 0 aliphatic rings. The van der Waals surface area contributed by atoms with Crippen molar-refractivity contribution in [3.63, 3.8) is 0 Å². The van der Waals surface area contributed by atoms with Crippen molar-refractivity contribution in [2.45, 2.75) is 19.8 Å². The van der Waals surface area contributed by atoms with E-state index < -0.39 is 0 Å². The smallest absolute Gasteiger partial charge is 0.255 e. The van der Waals surface area contributed by atoms with Gasteiger partial charge in [0, 0.05) is 21.8 Å². The number of ether oxygens (including phenoxy) is 2. The van der Waals surface area contributed by atoms with E-state index in [2.05, 4.69) is 28.2 Å². The zero-order chi connectivity index (χ0) is 17.5. The summed E-state index contributed by atoms with van der Waals surface area (Å²) in [5, 5.41) is 2.84. The molecule has 2 rings (SSSR count). The molecule has 2 aromatic rings. The van der Waals surface area contributed by atoms with E-state index in [0.29, 0.717) is 33.8 Å². The first kappa shape index (κ1) is 18.1. The molecule has 0 unspecified atom stereocenters. The lowest BCUT2D eigenvalue weighted by molar-refractivity contribution is 0.102. The number of rotatable bonds is 7. The fourth-order valence-electron chi connectivity index (χ4n) is 2.11. The van der Waals surface area contributed by atoms with Gasteiger partial charge in [-0.25, -0.2) is 0 Å². The van der Waals surface area contributed by atoms with Crippen LogP contribution in [0.5, 0.6) is 11.5 Å². The lowest BCUT2D eigenvalue weighted by atomic mass is 10.2. The van der Waals surface area contributed by atoms with Gasteiger partial charge in [-0.15, -0.1) is 0 Å². The van der Waals surface area contributed by atoms with Gasteiger partial charge < -0.3 is 20.5 Å². The summed E-state index contributed by atoms with van der Waals surface area (Å²) < 4.78 is 11.5. The van der Waals surface area contributed by atoms with Crippen molar-refractivity contribution in [3.05, 3.63) is 46.4 Å². The van der Waals surface area contributed by atoms with Crippen molar-refractivity contribution >= 4 is 33.2 Å². The zero-order valence-electron chi connectivity index (χ0n) is 13.8. The number of nitrogens with two attached hydrogens (primary N) is 1. The van der Waals surface area contributed by atoms with E-state index in [-0.39, 0.29) is 5.91 Å². The highest BCUT2D eigenvalue weighted by Gasteiger charge is 2.14. The SMILES string of the molecule is CCCCOc1ccc(C(=O)Nc2c(Br)cc(N)cc2OC)cc1. The maximum absolute atomic E-state index is 12.4. The number of nitrogen functional groups attached to an aromatic ring is 1. The standard InChI is InChI=1S/C18H21BrN2O3/c1-3-4-9-24-14-7-5-12(6-8-14)18(22)21-17-15(19)10-13(20)11-16(17)23-2/h5-8,10-11H,3-4,9,20H2,1-2H3,(H,21,22). The first-order valence-electron chi connectivity index (χ1n) is 7.72. The molecule has 6 heteroatoms. The maximum Gasteiger partial charge on any atom is 0.255 e. The minimum absolute atomic E-state index is 0.237. The van der Waals surface area contributed by atoms with Crippen molar-refractivity contribution in [1.29, 1.82) is 0 Å². The molecule has 0 heterocycles. The first-order chi connectivity index (χ1) is 11.5. The van der Waals surface area contributed by atoms with Gasteiger partial charge in [-0.2, -0.15) is 0 Å². The van der Waals surface area contributed by atoms with Crippen molar-refractivity contribution in [2.75, 3.05) is 24.8 Å². The van der Waals surface area contributed by atoms with Gasteiger partial charge in [-0.05, 0) is 52.7 Å². The van der Waals surface area contributed by atoms with E-state index in [0.717, 1.165) is 18.6 Å². The molecular formula is C18H21BrN2O3. The molecule has 2 aromatic carbocycles. The van der Waals surface area contributed by atoms with Crippen LogP contribution in [-0.4, -0.2) is 19.6 Å². The second kappa shape index (κ2) is 8.59. The van der Waals surface area contributed by atoms with Gasteiger partial charge in [0.2, 0.25) is 0 Å². The number of unbranched alkanes of at least 4 members (excludes halogenated alkanes) is 1. The van der Waals surface area contributed by atoms with Crippen LogP contribution in [0.2, 0.25) is 0 Å². The molecule has 0 spiro atoms. The van der Waals surface area contributed by atoms with E-state index in [1.165, 1.54) is 7.11 Å².